The number of aryl methyl sites for hydroxylation is 1. The van der Waals surface area contributed by atoms with Crippen LogP contribution < -0.4 is 5.32 Å². The van der Waals surface area contributed by atoms with Gasteiger partial charge in [-0.25, -0.2) is 9.37 Å². The average molecular weight is 460 g/mol. The highest BCUT2D eigenvalue weighted by molar-refractivity contribution is 7.98. The molecule has 2 aromatic heterocycles. The van der Waals surface area contributed by atoms with Crippen molar-refractivity contribution < 1.29 is 9.18 Å². The van der Waals surface area contributed by atoms with Crippen LogP contribution in [0.5, 0.6) is 0 Å². The number of thioether (sulfide) groups is 1. The Hall–Kier alpha value is -4.05. The maximum Gasteiger partial charge on any atom is 0.255 e. The number of nitrogens with one attached hydrogen (secondary N) is 2. The summed E-state index contributed by atoms with van der Waals surface area (Å²) in [4.78, 5) is 20.9. The normalized spacial score (nSPS) is 11.1. The number of carbonyl (C=O) groups excluding carboxylic acids is 1. The van der Waals surface area contributed by atoms with Gasteiger partial charge in [-0.1, -0.05) is 42.1 Å². The summed E-state index contributed by atoms with van der Waals surface area (Å²) in [6, 6.07) is 19.5. The average Bonchev–Trinajstić information content (AvgIpc) is 3.44. The minimum atomic E-state index is -0.494. The third kappa shape index (κ3) is 4.33. The Morgan fingerprint density at radius 1 is 1.12 bits per heavy atom. The lowest BCUT2D eigenvalue weighted by molar-refractivity contribution is 0.102. The third-order valence-corrected chi connectivity index (χ3v) is 5.97. The number of nitrogens with zero attached hydrogens (tertiary/aromatic N) is 5. The zero-order valence-electron chi connectivity index (χ0n) is 17.5. The van der Waals surface area contributed by atoms with Crippen LogP contribution in [0.4, 0.5) is 10.1 Å². The highest BCUT2D eigenvalue weighted by Crippen LogP contribution is 2.26. The van der Waals surface area contributed by atoms with Crippen molar-refractivity contribution in [2.24, 2.45) is 0 Å². The molecule has 0 atom stereocenters. The number of aromatic amines is 1. The van der Waals surface area contributed by atoms with E-state index in [2.05, 4.69) is 30.8 Å². The van der Waals surface area contributed by atoms with Crippen LogP contribution in [0.15, 0.2) is 71.9 Å². The molecule has 33 heavy (non-hydrogen) atoms. The Balaban J connectivity index is 1.35. The van der Waals surface area contributed by atoms with Crippen LogP contribution in [0.1, 0.15) is 21.7 Å². The van der Waals surface area contributed by atoms with E-state index in [1.54, 1.807) is 13.0 Å². The number of benzene rings is 3. The number of rotatable bonds is 6. The lowest BCUT2D eigenvalue weighted by Gasteiger charge is -2.11. The molecule has 2 heterocycles. The summed E-state index contributed by atoms with van der Waals surface area (Å²) in [6.07, 6.45) is 0. The van der Waals surface area contributed by atoms with Crippen LogP contribution in [0, 0.1) is 12.7 Å². The minimum absolute atomic E-state index is 0.157. The molecule has 5 aromatic rings. The quantitative estimate of drug-likeness (QED) is 0.362. The number of amides is 1. The molecular weight excluding hydrogens is 441 g/mol. The van der Waals surface area contributed by atoms with Crippen LogP contribution in [0.2, 0.25) is 0 Å². The van der Waals surface area contributed by atoms with Gasteiger partial charge in [0.15, 0.2) is 11.0 Å². The molecule has 0 unspecified atom stereocenters. The SMILES string of the molecule is Cc1nnnn1-c1cc(NC(=O)c2ccccc2CSc2nc3ccccc3[nH]2)ccc1F. The zero-order chi connectivity index (χ0) is 22.8. The maximum absolute atomic E-state index is 14.3. The van der Waals surface area contributed by atoms with Gasteiger partial charge in [0, 0.05) is 17.0 Å². The van der Waals surface area contributed by atoms with Gasteiger partial charge < -0.3 is 10.3 Å². The van der Waals surface area contributed by atoms with Crippen LogP contribution in [-0.4, -0.2) is 36.1 Å². The van der Waals surface area contributed by atoms with Crippen LogP contribution in [0.3, 0.4) is 0 Å². The second-order valence-electron chi connectivity index (χ2n) is 7.26. The second kappa shape index (κ2) is 8.83. The van der Waals surface area contributed by atoms with E-state index in [-0.39, 0.29) is 11.6 Å². The molecule has 0 aliphatic heterocycles. The van der Waals surface area contributed by atoms with Crippen molar-refractivity contribution in [2.45, 2.75) is 17.8 Å². The molecule has 0 saturated carbocycles. The number of hydrogen-bond acceptors (Lipinski definition) is 6. The van der Waals surface area contributed by atoms with Gasteiger partial charge in [0.2, 0.25) is 0 Å². The highest BCUT2D eigenvalue weighted by Gasteiger charge is 2.15. The molecule has 0 fully saturated rings. The van der Waals surface area contributed by atoms with Crippen molar-refractivity contribution in [1.29, 1.82) is 0 Å². The van der Waals surface area contributed by atoms with Gasteiger partial charge in [-0.05, 0) is 59.3 Å². The lowest BCUT2D eigenvalue weighted by Crippen LogP contribution is -2.14. The van der Waals surface area contributed by atoms with E-state index in [9.17, 15) is 9.18 Å². The van der Waals surface area contributed by atoms with Crippen LogP contribution >= 0.6 is 11.8 Å². The summed E-state index contributed by atoms with van der Waals surface area (Å²) >= 11 is 1.52. The number of para-hydroxylation sites is 2. The fourth-order valence-corrected chi connectivity index (χ4v) is 4.31. The Morgan fingerprint density at radius 2 is 1.94 bits per heavy atom. The van der Waals surface area contributed by atoms with E-state index in [4.69, 9.17) is 0 Å². The molecule has 3 aromatic carbocycles. The number of hydrogen-bond donors (Lipinski definition) is 2. The van der Waals surface area contributed by atoms with E-state index < -0.39 is 5.82 Å². The summed E-state index contributed by atoms with van der Waals surface area (Å²) in [5.74, 6) is 0.209. The largest absolute Gasteiger partial charge is 0.333 e. The summed E-state index contributed by atoms with van der Waals surface area (Å²) in [5, 5.41) is 14.8. The number of fused-ring (bicyclic) bond motifs is 1. The van der Waals surface area contributed by atoms with Gasteiger partial charge >= 0.3 is 0 Å². The Bertz CT molecular complexity index is 1430. The van der Waals surface area contributed by atoms with Gasteiger partial charge in [0.05, 0.1) is 11.0 Å². The van der Waals surface area contributed by atoms with E-state index >= 15 is 0 Å². The molecule has 1 amide bonds. The van der Waals surface area contributed by atoms with E-state index in [1.807, 2.05) is 42.5 Å². The number of H-pyrrole nitrogens is 1. The Labute approximate surface area is 192 Å². The van der Waals surface area contributed by atoms with Gasteiger partial charge in [-0.15, -0.1) is 5.10 Å². The second-order valence-corrected chi connectivity index (χ2v) is 8.23. The van der Waals surface area contributed by atoms with E-state index in [1.165, 1.54) is 34.6 Å². The summed E-state index contributed by atoms with van der Waals surface area (Å²) in [6.45, 7) is 1.67. The van der Waals surface area contributed by atoms with Gasteiger partial charge in [0.1, 0.15) is 11.5 Å². The van der Waals surface area contributed by atoms with Crippen LogP contribution in [-0.2, 0) is 5.75 Å². The Kier molecular flexibility index (Phi) is 5.57. The smallest absolute Gasteiger partial charge is 0.255 e. The molecule has 0 saturated heterocycles. The molecule has 2 N–H and O–H groups in total. The molecular formula is C23H18FN7OS. The van der Waals surface area contributed by atoms with E-state index in [0.717, 1.165) is 21.8 Å². The van der Waals surface area contributed by atoms with Crippen molar-refractivity contribution in [3.8, 4) is 5.69 Å². The van der Waals surface area contributed by atoms with E-state index in [0.29, 0.717) is 22.8 Å². The maximum atomic E-state index is 14.3. The zero-order valence-corrected chi connectivity index (χ0v) is 18.3. The number of aromatic nitrogens is 6. The molecule has 164 valence electrons. The first kappa shape index (κ1) is 20.8. The van der Waals surface area contributed by atoms with Crippen LogP contribution in [0.25, 0.3) is 16.7 Å². The number of anilines is 1. The Morgan fingerprint density at radius 3 is 2.76 bits per heavy atom. The third-order valence-electron chi connectivity index (χ3n) is 5.05. The monoisotopic (exact) mass is 459 g/mol. The van der Waals surface area contributed by atoms with Gasteiger partial charge in [-0.2, -0.15) is 4.68 Å². The topological polar surface area (TPSA) is 101 Å². The standard InChI is InChI=1S/C23H18FN7OS/c1-14-28-29-30-31(14)21-12-16(10-11-18(21)24)25-22(32)17-7-3-2-6-15(17)13-33-23-26-19-8-4-5-9-20(19)27-23/h2-12H,13H2,1H3,(H,25,32)(H,26,27). The number of tetrazole rings is 1. The first-order chi connectivity index (χ1) is 16.1. The van der Waals surface area contributed by atoms with Crippen molar-refractivity contribution in [3.63, 3.8) is 0 Å². The number of halogens is 1. The molecule has 5 rings (SSSR count). The molecule has 0 spiro atoms. The molecule has 0 bridgehead atoms. The first-order valence-corrected chi connectivity index (χ1v) is 11.1. The predicted molar refractivity (Wildman–Crippen MR) is 124 cm³/mol. The van der Waals surface area contributed by atoms with Crippen molar-refractivity contribution in [3.05, 3.63) is 89.5 Å². The predicted octanol–water partition coefficient (Wildman–Crippen LogP) is 4.53. The summed E-state index contributed by atoms with van der Waals surface area (Å²) in [5.41, 5.74) is 3.85. The van der Waals surface area contributed by atoms with Gasteiger partial charge in [-0.3, -0.25) is 4.79 Å². The number of carbonyl (C=O) groups is 1. The molecule has 10 heteroatoms. The highest BCUT2D eigenvalue weighted by atomic mass is 32.2. The number of imidazole rings is 1. The molecule has 8 nitrogen and oxygen atoms in total. The molecule has 0 aliphatic carbocycles. The van der Waals surface area contributed by atoms with Gasteiger partial charge in [0.25, 0.3) is 5.91 Å². The van der Waals surface area contributed by atoms with Crippen molar-refractivity contribution >= 4 is 34.4 Å². The minimum Gasteiger partial charge on any atom is -0.333 e. The van der Waals surface area contributed by atoms with Crippen molar-refractivity contribution in [2.75, 3.05) is 5.32 Å². The fourth-order valence-electron chi connectivity index (χ4n) is 3.42. The molecule has 0 aliphatic rings. The molecule has 0 radical (unpaired) electrons. The van der Waals surface area contributed by atoms with Crippen molar-refractivity contribution in [1.82, 2.24) is 30.2 Å². The summed E-state index contributed by atoms with van der Waals surface area (Å²) in [7, 11) is 0. The lowest BCUT2D eigenvalue weighted by atomic mass is 10.1. The first-order valence-electron chi connectivity index (χ1n) is 10.1. The fraction of sp³-hybridized carbons (Fsp3) is 0.0870. The summed E-state index contributed by atoms with van der Waals surface area (Å²) < 4.78 is 15.6.